The smallest absolute Gasteiger partial charge is 0.303 e. The van der Waals surface area contributed by atoms with Gasteiger partial charge >= 0.3 is 5.97 Å². The van der Waals surface area contributed by atoms with E-state index >= 15 is 0 Å². The van der Waals surface area contributed by atoms with Crippen LogP contribution in [0.5, 0.6) is 0 Å². The zero-order valence-electron chi connectivity index (χ0n) is 10.4. The van der Waals surface area contributed by atoms with E-state index in [9.17, 15) is 4.79 Å². The standard InChI is InChI=1S/C11H14N6O2/c1-7(5-6-10(18)19)17-11(14-15-16-17)8-3-2-4-9(12)13-8/h2-4,7H,5-6H2,1H3,(H2,12,13)(H,18,19)/t7-/m1/s1. The van der Waals surface area contributed by atoms with Gasteiger partial charge < -0.3 is 10.8 Å². The van der Waals surface area contributed by atoms with Crippen molar-refractivity contribution in [3.8, 4) is 11.5 Å². The van der Waals surface area contributed by atoms with Gasteiger partial charge in [0.25, 0.3) is 0 Å². The van der Waals surface area contributed by atoms with E-state index in [4.69, 9.17) is 10.8 Å². The second-order valence-electron chi connectivity index (χ2n) is 4.18. The number of tetrazole rings is 1. The minimum absolute atomic E-state index is 0.0603. The van der Waals surface area contributed by atoms with E-state index in [2.05, 4.69) is 20.5 Å². The van der Waals surface area contributed by atoms with Crippen LogP contribution in [0.4, 0.5) is 5.82 Å². The molecular formula is C11H14N6O2. The first kappa shape index (κ1) is 12.9. The third kappa shape index (κ3) is 3.03. The first-order valence-electron chi connectivity index (χ1n) is 5.80. The molecular weight excluding hydrogens is 248 g/mol. The lowest BCUT2D eigenvalue weighted by Crippen LogP contribution is -2.11. The summed E-state index contributed by atoms with van der Waals surface area (Å²) in [7, 11) is 0. The van der Waals surface area contributed by atoms with Crippen LogP contribution in [-0.2, 0) is 4.79 Å². The van der Waals surface area contributed by atoms with Crippen LogP contribution in [0.1, 0.15) is 25.8 Å². The highest BCUT2D eigenvalue weighted by Gasteiger charge is 2.16. The van der Waals surface area contributed by atoms with Crippen molar-refractivity contribution in [3.63, 3.8) is 0 Å². The highest BCUT2D eigenvalue weighted by Crippen LogP contribution is 2.20. The van der Waals surface area contributed by atoms with Crippen LogP contribution in [-0.4, -0.2) is 36.3 Å². The quantitative estimate of drug-likeness (QED) is 0.815. The third-order valence-corrected chi connectivity index (χ3v) is 2.69. The summed E-state index contributed by atoms with van der Waals surface area (Å²) in [5.74, 6) is 0.0129. The number of nitrogens with two attached hydrogens (primary N) is 1. The lowest BCUT2D eigenvalue weighted by molar-refractivity contribution is -0.137. The molecule has 19 heavy (non-hydrogen) atoms. The molecule has 0 saturated carbocycles. The number of anilines is 1. The number of pyridine rings is 1. The molecule has 0 aliphatic rings. The Bertz CT molecular complexity index is 582. The molecule has 8 nitrogen and oxygen atoms in total. The molecule has 2 aromatic heterocycles. The van der Waals surface area contributed by atoms with Crippen LogP contribution in [0.3, 0.4) is 0 Å². The summed E-state index contributed by atoms with van der Waals surface area (Å²) in [6.45, 7) is 1.86. The Morgan fingerprint density at radius 1 is 1.53 bits per heavy atom. The molecule has 8 heteroatoms. The minimum Gasteiger partial charge on any atom is -0.481 e. The average Bonchev–Trinajstić information content (AvgIpc) is 2.85. The van der Waals surface area contributed by atoms with Crippen LogP contribution < -0.4 is 5.73 Å². The van der Waals surface area contributed by atoms with Gasteiger partial charge in [0.2, 0.25) is 5.82 Å². The molecule has 0 aliphatic carbocycles. The molecule has 0 saturated heterocycles. The van der Waals surface area contributed by atoms with Gasteiger partial charge in [-0.05, 0) is 35.9 Å². The summed E-state index contributed by atoms with van der Waals surface area (Å²) < 4.78 is 1.56. The number of carbonyl (C=O) groups is 1. The van der Waals surface area contributed by atoms with Crippen molar-refractivity contribution < 1.29 is 9.90 Å². The third-order valence-electron chi connectivity index (χ3n) is 2.69. The normalized spacial score (nSPS) is 12.3. The van der Waals surface area contributed by atoms with Crippen LogP contribution in [0.2, 0.25) is 0 Å². The summed E-state index contributed by atoms with van der Waals surface area (Å²) in [6, 6.07) is 5.05. The number of hydrogen-bond acceptors (Lipinski definition) is 6. The van der Waals surface area contributed by atoms with Gasteiger partial charge in [0.15, 0.2) is 0 Å². The maximum Gasteiger partial charge on any atom is 0.303 e. The monoisotopic (exact) mass is 262 g/mol. The van der Waals surface area contributed by atoms with Gasteiger partial charge in [-0.15, -0.1) is 5.10 Å². The van der Waals surface area contributed by atoms with Gasteiger partial charge in [-0.25, -0.2) is 9.67 Å². The van der Waals surface area contributed by atoms with Crippen LogP contribution in [0, 0.1) is 0 Å². The number of nitrogen functional groups attached to an aromatic ring is 1. The fourth-order valence-corrected chi connectivity index (χ4v) is 1.69. The molecule has 0 radical (unpaired) electrons. The Morgan fingerprint density at radius 2 is 2.32 bits per heavy atom. The molecule has 0 aromatic carbocycles. The molecule has 0 aliphatic heterocycles. The molecule has 3 N–H and O–H groups in total. The molecule has 0 unspecified atom stereocenters. The van der Waals surface area contributed by atoms with Crippen LogP contribution >= 0.6 is 0 Å². The van der Waals surface area contributed by atoms with E-state index < -0.39 is 5.97 Å². The fraction of sp³-hybridized carbons (Fsp3) is 0.364. The molecule has 2 heterocycles. The molecule has 100 valence electrons. The van der Waals surface area contributed by atoms with Crippen molar-refractivity contribution >= 4 is 11.8 Å². The van der Waals surface area contributed by atoms with Crippen molar-refractivity contribution in [2.24, 2.45) is 0 Å². The van der Waals surface area contributed by atoms with Crippen LogP contribution in [0.25, 0.3) is 11.5 Å². The number of hydrogen-bond donors (Lipinski definition) is 2. The van der Waals surface area contributed by atoms with Gasteiger partial charge in [0.1, 0.15) is 11.5 Å². The van der Waals surface area contributed by atoms with Gasteiger partial charge in [0.05, 0.1) is 6.04 Å². The van der Waals surface area contributed by atoms with Crippen molar-refractivity contribution in [3.05, 3.63) is 18.2 Å². The first-order valence-corrected chi connectivity index (χ1v) is 5.80. The van der Waals surface area contributed by atoms with Crippen LogP contribution in [0.15, 0.2) is 18.2 Å². The second kappa shape index (κ2) is 5.42. The topological polar surface area (TPSA) is 120 Å². The number of aliphatic carboxylic acids is 1. The summed E-state index contributed by atoms with van der Waals surface area (Å²) in [5, 5.41) is 20.1. The van der Waals surface area contributed by atoms with Crippen molar-refractivity contribution in [1.29, 1.82) is 0 Å². The Morgan fingerprint density at radius 3 is 3.00 bits per heavy atom. The average molecular weight is 262 g/mol. The van der Waals surface area contributed by atoms with Crippen molar-refractivity contribution in [2.45, 2.75) is 25.8 Å². The zero-order chi connectivity index (χ0) is 13.8. The number of nitrogens with zero attached hydrogens (tertiary/aromatic N) is 5. The fourth-order valence-electron chi connectivity index (χ4n) is 1.69. The molecule has 0 fully saturated rings. The second-order valence-corrected chi connectivity index (χ2v) is 4.18. The van der Waals surface area contributed by atoms with E-state index in [0.29, 0.717) is 23.8 Å². The number of rotatable bonds is 5. The molecule has 0 spiro atoms. The van der Waals surface area contributed by atoms with E-state index in [1.54, 1.807) is 22.9 Å². The Balaban J connectivity index is 2.24. The number of aromatic nitrogens is 5. The van der Waals surface area contributed by atoms with Crippen molar-refractivity contribution in [1.82, 2.24) is 25.2 Å². The maximum absolute atomic E-state index is 10.6. The van der Waals surface area contributed by atoms with E-state index in [1.165, 1.54) is 0 Å². The Kier molecular flexibility index (Phi) is 3.69. The molecule has 0 amide bonds. The lowest BCUT2D eigenvalue weighted by Gasteiger charge is -2.11. The molecule has 1 atom stereocenters. The van der Waals surface area contributed by atoms with E-state index in [1.807, 2.05) is 6.92 Å². The Labute approximate surface area is 109 Å². The summed E-state index contributed by atoms with van der Waals surface area (Å²) >= 11 is 0. The van der Waals surface area contributed by atoms with Gasteiger partial charge in [-0.3, -0.25) is 4.79 Å². The van der Waals surface area contributed by atoms with Gasteiger partial charge in [-0.2, -0.15) is 0 Å². The number of carboxylic acids is 1. The van der Waals surface area contributed by atoms with E-state index in [0.717, 1.165) is 0 Å². The van der Waals surface area contributed by atoms with Gasteiger partial charge in [0, 0.05) is 6.42 Å². The lowest BCUT2D eigenvalue weighted by atomic mass is 10.2. The van der Waals surface area contributed by atoms with E-state index in [-0.39, 0.29) is 12.5 Å². The minimum atomic E-state index is -0.844. The Hall–Kier alpha value is -2.51. The zero-order valence-corrected chi connectivity index (χ0v) is 10.4. The highest BCUT2D eigenvalue weighted by molar-refractivity contribution is 5.66. The SMILES string of the molecule is C[C@H](CCC(=O)O)n1nnnc1-c1cccc(N)n1. The molecule has 0 bridgehead atoms. The van der Waals surface area contributed by atoms with Crippen molar-refractivity contribution in [2.75, 3.05) is 5.73 Å². The first-order chi connectivity index (χ1) is 9.08. The predicted octanol–water partition coefficient (Wildman–Crippen LogP) is 0.743. The highest BCUT2D eigenvalue weighted by atomic mass is 16.4. The maximum atomic E-state index is 10.6. The molecule has 2 rings (SSSR count). The molecule has 2 aromatic rings. The summed E-state index contributed by atoms with van der Waals surface area (Å²) in [6.07, 6.45) is 0.501. The largest absolute Gasteiger partial charge is 0.481 e. The predicted molar refractivity (Wildman–Crippen MR) is 67.0 cm³/mol. The summed E-state index contributed by atoms with van der Waals surface area (Å²) in [5.41, 5.74) is 6.18. The van der Waals surface area contributed by atoms with Gasteiger partial charge in [-0.1, -0.05) is 6.07 Å². The number of carboxylic acid groups (broad SMARTS) is 1. The summed E-state index contributed by atoms with van der Waals surface area (Å²) in [4.78, 5) is 14.7.